The highest BCUT2D eigenvalue weighted by Crippen LogP contribution is 2.39. The van der Waals surface area contributed by atoms with Crippen molar-refractivity contribution in [2.75, 3.05) is 13.1 Å². The molecule has 2 aromatic rings. The van der Waals surface area contributed by atoms with Gasteiger partial charge in [0, 0.05) is 5.56 Å². The molecule has 0 radical (unpaired) electrons. The number of benzene rings is 1. The maximum Gasteiger partial charge on any atom is 0.416 e. The van der Waals surface area contributed by atoms with Gasteiger partial charge < -0.3 is 10.3 Å². The zero-order chi connectivity index (χ0) is 22.2. The lowest BCUT2D eigenvalue weighted by atomic mass is 9.98. The van der Waals surface area contributed by atoms with E-state index in [2.05, 4.69) is 21.4 Å². The van der Waals surface area contributed by atoms with Crippen LogP contribution in [-0.4, -0.2) is 39.4 Å². The summed E-state index contributed by atoms with van der Waals surface area (Å²) in [6.45, 7) is 2.62. The maximum atomic E-state index is 13.0. The highest BCUT2D eigenvalue weighted by molar-refractivity contribution is 5.79. The number of nitriles is 1. The van der Waals surface area contributed by atoms with Gasteiger partial charge in [-0.05, 0) is 57.2 Å². The molecule has 2 fully saturated rings. The number of hydrogen-bond donors (Lipinski definition) is 2. The summed E-state index contributed by atoms with van der Waals surface area (Å²) in [5, 5.41) is 12.3. The van der Waals surface area contributed by atoms with Crippen LogP contribution in [0.3, 0.4) is 0 Å². The summed E-state index contributed by atoms with van der Waals surface area (Å²) in [6, 6.07) is 7.21. The number of aromatic nitrogens is 2. The van der Waals surface area contributed by atoms with Gasteiger partial charge in [-0.25, -0.2) is 4.98 Å². The van der Waals surface area contributed by atoms with Crippen molar-refractivity contribution in [3.8, 4) is 17.3 Å². The van der Waals surface area contributed by atoms with Gasteiger partial charge in [0.2, 0.25) is 5.91 Å². The van der Waals surface area contributed by atoms with Crippen LogP contribution in [0.1, 0.15) is 50.0 Å². The van der Waals surface area contributed by atoms with E-state index in [1.807, 2.05) is 4.90 Å². The lowest BCUT2D eigenvalue weighted by Gasteiger charge is -2.27. The minimum absolute atomic E-state index is 0.125. The number of aromatic amines is 1. The van der Waals surface area contributed by atoms with E-state index in [1.165, 1.54) is 12.3 Å². The molecule has 1 saturated carbocycles. The van der Waals surface area contributed by atoms with Crippen LogP contribution in [0.4, 0.5) is 13.2 Å². The molecular formula is C22H24F3N5O. The second kappa shape index (κ2) is 8.00. The first kappa shape index (κ1) is 21.4. The minimum Gasteiger partial charge on any atom is -0.341 e. The van der Waals surface area contributed by atoms with Gasteiger partial charge in [-0.2, -0.15) is 18.4 Å². The minimum atomic E-state index is -4.41. The molecule has 1 saturated heterocycles. The standard InChI is InChI=1S/C22H24F3N5O/c1-21(13-26,15-7-8-15)29-19(31)12-30-9-3-6-18(30)20-27-11-17(28-20)14-4-2-5-16(10-14)22(23,24)25/h2,4-5,10-11,15,18H,3,6-9,12H2,1H3,(H,27,28)(H,29,31). The summed E-state index contributed by atoms with van der Waals surface area (Å²) in [6.07, 6.45) is 0.688. The van der Waals surface area contributed by atoms with E-state index >= 15 is 0 Å². The number of amides is 1. The zero-order valence-electron chi connectivity index (χ0n) is 17.2. The Morgan fingerprint density at radius 2 is 2.13 bits per heavy atom. The summed E-state index contributed by atoms with van der Waals surface area (Å²) in [5.74, 6) is 0.631. The molecule has 2 heterocycles. The van der Waals surface area contributed by atoms with E-state index in [1.54, 1.807) is 13.0 Å². The average molecular weight is 431 g/mol. The Labute approximate surface area is 178 Å². The van der Waals surface area contributed by atoms with Crippen LogP contribution in [0.25, 0.3) is 11.3 Å². The fourth-order valence-corrected chi connectivity index (χ4v) is 4.24. The SMILES string of the molecule is CC(C#N)(NC(=O)CN1CCCC1c1ncc(-c2cccc(C(F)(F)F)c2)[nH]1)C1CC1. The predicted octanol–water partition coefficient (Wildman–Crippen LogP) is 4.04. The second-order valence-electron chi connectivity index (χ2n) is 8.53. The number of carbonyl (C=O) groups is 1. The first-order valence-electron chi connectivity index (χ1n) is 10.4. The molecule has 1 aliphatic carbocycles. The Bertz CT molecular complexity index is 1010. The maximum absolute atomic E-state index is 13.0. The smallest absolute Gasteiger partial charge is 0.341 e. The number of imidazole rings is 1. The van der Waals surface area contributed by atoms with Crippen LogP contribution >= 0.6 is 0 Å². The largest absolute Gasteiger partial charge is 0.416 e. The van der Waals surface area contributed by atoms with Crippen LogP contribution in [0, 0.1) is 17.2 Å². The van der Waals surface area contributed by atoms with Gasteiger partial charge in [-0.1, -0.05) is 12.1 Å². The summed E-state index contributed by atoms with van der Waals surface area (Å²) >= 11 is 0. The van der Waals surface area contributed by atoms with Gasteiger partial charge in [-0.15, -0.1) is 0 Å². The van der Waals surface area contributed by atoms with E-state index in [0.717, 1.165) is 37.8 Å². The molecule has 4 rings (SSSR count). The molecule has 1 amide bonds. The summed E-state index contributed by atoms with van der Waals surface area (Å²) in [7, 11) is 0. The van der Waals surface area contributed by atoms with Crippen LogP contribution < -0.4 is 5.32 Å². The predicted molar refractivity (Wildman–Crippen MR) is 107 cm³/mol. The number of rotatable bonds is 6. The number of alkyl halides is 3. The van der Waals surface area contributed by atoms with Crippen LogP contribution in [-0.2, 0) is 11.0 Å². The molecule has 2 unspecified atom stereocenters. The van der Waals surface area contributed by atoms with Gasteiger partial charge >= 0.3 is 6.18 Å². The fourth-order valence-electron chi connectivity index (χ4n) is 4.24. The molecule has 31 heavy (non-hydrogen) atoms. The number of nitrogens with one attached hydrogen (secondary N) is 2. The molecule has 6 nitrogen and oxygen atoms in total. The number of hydrogen-bond acceptors (Lipinski definition) is 4. The van der Waals surface area contributed by atoms with Crippen molar-refractivity contribution in [1.29, 1.82) is 5.26 Å². The molecule has 1 aromatic heterocycles. The molecule has 1 aromatic carbocycles. The van der Waals surface area contributed by atoms with Crippen molar-refractivity contribution >= 4 is 5.91 Å². The van der Waals surface area contributed by atoms with Gasteiger partial charge in [0.1, 0.15) is 11.4 Å². The van der Waals surface area contributed by atoms with E-state index in [9.17, 15) is 23.2 Å². The molecule has 9 heteroatoms. The molecule has 2 aliphatic rings. The summed E-state index contributed by atoms with van der Waals surface area (Å²) in [5.41, 5.74) is -0.641. The molecule has 1 aliphatic heterocycles. The molecule has 2 N–H and O–H groups in total. The van der Waals surface area contributed by atoms with Crippen molar-refractivity contribution in [1.82, 2.24) is 20.2 Å². The van der Waals surface area contributed by atoms with E-state index in [0.29, 0.717) is 23.6 Å². The third-order valence-electron chi connectivity index (χ3n) is 6.15. The Kier molecular flexibility index (Phi) is 5.52. The van der Waals surface area contributed by atoms with Crippen molar-refractivity contribution in [2.24, 2.45) is 5.92 Å². The molecule has 164 valence electrons. The third kappa shape index (κ3) is 4.59. The van der Waals surface area contributed by atoms with Crippen LogP contribution in [0.5, 0.6) is 0 Å². The van der Waals surface area contributed by atoms with E-state index in [-0.39, 0.29) is 24.4 Å². The van der Waals surface area contributed by atoms with Crippen LogP contribution in [0.15, 0.2) is 30.5 Å². The monoisotopic (exact) mass is 431 g/mol. The fraction of sp³-hybridized carbons (Fsp3) is 0.500. The number of halogens is 3. The second-order valence-corrected chi connectivity index (χ2v) is 8.53. The lowest BCUT2D eigenvalue weighted by Crippen LogP contribution is -2.50. The first-order valence-corrected chi connectivity index (χ1v) is 10.4. The van der Waals surface area contributed by atoms with Crippen molar-refractivity contribution in [2.45, 2.75) is 50.4 Å². The van der Waals surface area contributed by atoms with Gasteiger partial charge in [0.25, 0.3) is 0 Å². The number of H-pyrrole nitrogens is 1. The van der Waals surface area contributed by atoms with E-state index < -0.39 is 17.3 Å². The third-order valence-corrected chi connectivity index (χ3v) is 6.15. The highest BCUT2D eigenvalue weighted by atomic mass is 19.4. The Balaban J connectivity index is 1.46. The molecule has 2 atom stereocenters. The first-order chi connectivity index (χ1) is 14.7. The lowest BCUT2D eigenvalue weighted by molar-refractivity contribution is -0.137. The normalized spacial score (nSPS) is 21.5. The summed E-state index contributed by atoms with van der Waals surface area (Å²) in [4.78, 5) is 22.1. The molecular weight excluding hydrogens is 407 g/mol. The summed E-state index contributed by atoms with van der Waals surface area (Å²) < 4.78 is 39.0. The number of carbonyl (C=O) groups excluding carboxylic acids is 1. The van der Waals surface area contributed by atoms with E-state index in [4.69, 9.17) is 0 Å². The Morgan fingerprint density at radius 3 is 2.81 bits per heavy atom. The van der Waals surface area contributed by atoms with Crippen molar-refractivity contribution < 1.29 is 18.0 Å². The molecule has 0 spiro atoms. The number of likely N-dealkylation sites (tertiary alicyclic amines) is 1. The van der Waals surface area contributed by atoms with Gasteiger partial charge in [0.15, 0.2) is 0 Å². The average Bonchev–Trinajstić information content (AvgIpc) is 3.31. The Morgan fingerprint density at radius 1 is 1.35 bits per heavy atom. The zero-order valence-corrected chi connectivity index (χ0v) is 17.2. The van der Waals surface area contributed by atoms with Crippen molar-refractivity contribution in [3.05, 3.63) is 41.9 Å². The van der Waals surface area contributed by atoms with Crippen LogP contribution in [0.2, 0.25) is 0 Å². The molecule has 0 bridgehead atoms. The van der Waals surface area contributed by atoms with Gasteiger partial charge in [0.05, 0.1) is 36.1 Å². The Hall–Kier alpha value is -2.86. The highest BCUT2D eigenvalue weighted by Gasteiger charge is 2.43. The van der Waals surface area contributed by atoms with Gasteiger partial charge in [-0.3, -0.25) is 9.69 Å². The van der Waals surface area contributed by atoms with Crippen molar-refractivity contribution in [3.63, 3.8) is 0 Å². The number of nitrogens with zero attached hydrogens (tertiary/aromatic N) is 3. The quantitative estimate of drug-likeness (QED) is 0.723. The topological polar surface area (TPSA) is 84.8 Å².